The molecule has 2 aromatic heterocycles. The summed E-state index contributed by atoms with van der Waals surface area (Å²) in [5.41, 5.74) is 0.547. The Morgan fingerprint density at radius 2 is 2.42 bits per heavy atom. The van der Waals surface area contributed by atoms with Crippen LogP contribution < -0.4 is 10.1 Å². The molecular weight excluding hydrogens is 312 g/mol. The van der Waals surface area contributed by atoms with Crippen molar-refractivity contribution in [2.75, 3.05) is 31.6 Å². The molecule has 1 aliphatic heterocycles. The van der Waals surface area contributed by atoms with Gasteiger partial charge in [-0.15, -0.1) is 10.2 Å². The number of aryl methyl sites for hydroxylation is 1. The van der Waals surface area contributed by atoms with Crippen molar-refractivity contribution in [2.45, 2.75) is 13.0 Å². The highest BCUT2D eigenvalue weighted by Crippen LogP contribution is 2.23. The van der Waals surface area contributed by atoms with Crippen LogP contribution >= 0.6 is 0 Å². The first-order chi connectivity index (χ1) is 11.7. The lowest BCUT2D eigenvalue weighted by atomic mass is 10.2. The van der Waals surface area contributed by atoms with Gasteiger partial charge in [0.25, 0.3) is 0 Å². The van der Waals surface area contributed by atoms with Gasteiger partial charge in [0.05, 0.1) is 19.8 Å². The molecule has 9 nitrogen and oxygen atoms in total. The maximum Gasteiger partial charge on any atom is 0.322 e. The molecule has 0 spiro atoms. The molecule has 0 unspecified atom stereocenters. The Morgan fingerprint density at radius 3 is 3.17 bits per heavy atom. The highest BCUT2D eigenvalue weighted by molar-refractivity contribution is 5.90. The molecule has 2 amide bonds. The lowest BCUT2D eigenvalue weighted by molar-refractivity contribution is -0.0196. The molecule has 24 heavy (non-hydrogen) atoms. The van der Waals surface area contributed by atoms with Crippen molar-refractivity contribution in [3.8, 4) is 5.88 Å². The maximum atomic E-state index is 12.6. The topological polar surface area (TPSA) is 94.4 Å². The van der Waals surface area contributed by atoms with Crippen LogP contribution in [0.1, 0.15) is 18.9 Å². The lowest BCUT2D eigenvalue weighted by Crippen LogP contribution is -2.44. The third kappa shape index (κ3) is 3.46. The van der Waals surface area contributed by atoms with Crippen LogP contribution in [-0.2, 0) is 11.8 Å². The van der Waals surface area contributed by atoms with Gasteiger partial charge in [0.15, 0.2) is 5.82 Å². The Kier molecular flexibility index (Phi) is 4.90. The van der Waals surface area contributed by atoms with Crippen LogP contribution in [0, 0.1) is 0 Å². The van der Waals surface area contributed by atoms with E-state index in [4.69, 9.17) is 9.47 Å². The summed E-state index contributed by atoms with van der Waals surface area (Å²) >= 11 is 0. The Labute approximate surface area is 139 Å². The SMILES string of the molecule is CCOc1ncccc1NC(=O)N1CCO[C@@H](c2nncn2C)C1. The zero-order chi connectivity index (χ0) is 16.9. The molecule has 128 valence electrons. The molecular formula is C15H20N6O3. The number of anilines is 1. The van der Waals surface area contributed by atoms with Crippen molar-refractivity contribution >= 4 is 11.7 Å². The van der Waals surface area contributed by atoms with E-state index in [-0.39, 0.29) is 12.1 Å². The van der Waals surface area contributed by atoms with Gasteiger partial charge in [-0.3, -0.25) is 0 Å². The van der Waals surface area contributed by atoms with E-state index in [0.29, 0.717) is 43.7 Å². The number of carbonyl (C=O) groups is 1. The highest BCUT2D eigenvalue weighted by atomic mass is 16.5. The molecule has 2 aromatic rings. The smallest absolute Gasteiger partial charge is 0.322 e. The molecule has 1 atom stereocenters. The molecule has 1 N–H and O–H groups in total. The fourth-order valence-electron chi connectivity index (χ4n) is 2.51. The molecule has 9 heteroatoms. The molecule has 0 aromatic carbocycles. The minimum Gasteiger partial charge on any atom is -0.476 e. The van der Waals surface area contributed by atoms with E-state index in [9.17, 15) is 4.79 Å². The van der Waals surface area contributed by atoms with Gasteiger partial charge in [0.2, 0.25) is 5.88 Å². The number of pyridine rings is 1. The van der Waals surface area contributed by atoms with Crippen LogP contribution in [0.15, 0.2) is 24.7 Å². The molecule has 1 fully saturated rings. The summed E-state index contributed by atoms with van der Waals surface area (Å²) in [5.74, 6) is 1.11. The Morgan fingerprint density at radius 1 is 1.54 bits per heavy atom. The number of hydrogen-bond donors (Lipinski definition) is 1. The fourth-order valence-corrected chi connectivity index (χ4v) is 2.51. The van der Waals surface area contributed by atoms with Crippen LogP contribution in [0.2, 0.25) is 0 Å². The van der Waals surface area contributed by atoms with Crippen molar-refractivity contribution in [2.24, 2.45) is 7.05 Å². The molecule has 1 saturated heterocycles. The van der Waals surface area contributed by atoms with Crippen LogP contribution in [0.5, 0.6) is 5.88 Å². The highest BCUT2D eigenvalue weighted by Gasteiger charge is 2.28. The zero-order valence-electron chi connectivity index (χ0n) is 13.7. The number of hydrogen-bond acceptors (Lipinski definition) is 6. The first-order valence-corrected chi connectivity index (χ1v) is 7.78. The van der Waals surface area contributed by atoms with Gasteiger partial charge in [-0.05, 0) is 19.1 Å². The van der Waals surface area contributed by atoms with E-state index in [1.54, 1.807) is 34.1 Å². The van der Waals surface area contributed by atoms with Crippen LogP contribution in [0.25, 0.3) is 0 Å². The van der Waals surface area contributed by atoms with E-state index >= 15 is 0 Å². The number of carbonyl (C=O) groups excluding carboxylic acids is 1. The second kappa shape index (κ2) is 7.26. The molecule has 0 aliphatic carbocycles. The van der Waals surface area contributed by atoms with Gasteiger partial charge in [0, 0.05) is 19.8 Å². The zero-order valence-corrected chi connectivity index (χ0v) is 13.7. The standard InChI is InChI=1S/C15H20N6O3/c1-3-23-14-11(5-4-6-16-14)18-15(22)21-7-8-24-12(9-21)13-19-17-10-20(13)2/h4-6,10,12H,3,7-9H2,1-2H3,(H,18,22)/t12-/m1/s1. The second-order valence-electron chi connectivity index (χ2n) is 5.32. The van der Waals surface area contributed by atoms with Crippen LogP contribution in [-0.4, -0.2) is 57.0 Å². The lowest BCUT2D eigenvalue weighted by Gasteiger charge is -2.32. The number of nitrogens with one attached hydrogen (secondary N) is 1. The van der Waals surface area contributed by atoms with Gasteiger partial charge in [-0.25, -0.2) is 9.78 Å². The maximum absolute atomic E-state index is 12.6. The van der Waals surface area contributed by atoms with Crippen molar-refractivity contribution in [3.05, 3.63) is 30.5 Å². The molecule has 3 heterocycles. The predicted octanol–water partition coefficient (Wildman–Crippen LogP) is 1.21. The number of nitrogens with zero attached hydrogens (tertiary/aromatic N) is 5. The average Bonchev–Trinajstić information content (AvgIpc) is 3.03. The number of aromatic nitrogens is 4. The predicted molar refractivity (Wildman–Crippen MR) is 85.7 cm³/mol. The van der Waals surface area contributed by atoms with Crippen molar-refractivity contribution in [1.29, 1.82) is 0 Å². The van der Waals surface area contributed by atoms with Gasteiger partial charge in [-0.2, -0.15) is 0 Å². The van der Waals surface area contributed by atoms with Gasteiger partial charge < -0.3 is 24.3 Å². The van der Waals surface area contributed by atoms with E-state index in [1.165, 1.54) is 0 Å². The summed E-state index contributed by atoms with van der Waals surface area (Å²) in [5, 5.41) is 10.8. The second-order valence-corrected chi connectivity index (χ2v) is 5.32. The summed E-state index contributed by atoms with van der Waals surface area (Å²) in [6, 6.07) is 3.29. The van der Waals surface area contributed by atoms with Crippen molar-refractivity contribution in [1.82, 2.24) is 24.6 Å². The number of urea groups is 1. The number of amides is 2. The molecule has 0 radical (unpaired) electrons. The van der Waals surface area contributed by atoms with Gasteiger partial charge in [-0.1, -0.05) is 0 Å². The monoisotopic (exact) mass is 332 g/mol. The Bertz CT molecular complexity index is 704. The largest absolute Gasteiger partial charge is 0.476 e. The fraction of sp³-hybridized carbons (Fsp3) is 0.467. The van der Waals surface area contributed by atoms with Crippen LogP contribution in [0.4, 0.5) is 10.5 Å². The number of rotatable bonds is 4. The summed E-state index contributed by atoms with van der Waals surface area (Å²) in [7, 11) is 1.85. The quantitative estimate of drug-likeness (QED) is 0.904. The normalized spacial score (nSPS) is 17.6. The van der Waals surface area contributed by atoms with Gasteiger partial charge >= 0.3 is 6.03 Å². The first kappa shape index (κ1) is 16.2. The van der Waals surface area contributed by atoms with E-state index in [2.05, 4.69) is 20.5 Å². The van der Waals surface area contributed by atoms with E-state index < -0.39 is 0 Å². The molecule has 3 rings (SSSR count). The van der Waals surface area contributed by atoms with Crippen molar-refractivity contribution < 1.29 is 14.3 Å². The molecule has 1 aliphatic rings. The summed E-state index contributed by atoms with van der Waals surface area (Å²) < 4.78 is 12.9. The first-order valence-electron chi connectivity index (χ1n) is 7.78. The van der Waals surface area contributed by atoms with E-state index in [1.807, 2.05) is 14.0 Å². The summed E-state index contributed by atoms with van der Waals surface area (Å²) in [6.45, 7) is 3.70. The minimum absolute atomic E-state index is 0.223. The summed E-state index contributed by atoms with van der Waals surface area (Å²) in [4.78, 5) is 18.4. The Hall–Kier alpha value is -2.68. The Balaban J connectivity index is 1.68. The van der Waals surface area contributed by atoms with Crippen molar-refractivity contribution in [3.63, 3.8) is 0 Å². The number of ether oxygens (including phenoxy) is 2. The minimum atomic E-state index is -0.294. The summed E-state index contributed by atoms with van der Waals surface area (Å²) in [6.07, 6.45) is 2.94. The molecule has 0 saturated carbocycles. The third-order valence-corrected chi connectivity index (χ3v) is 3.68. The molecule has 0 bridgehead atoms. The third-order valence-electron chi connectivity index (χ3n) is 3.68. The van der Waals surface area contributed by atoms with Gasteiger partial charge in [0.1, 0.15) is 18.1 Å². The average molecular weight is 332 g/mol. The number of morpholine rings is 1. The van der Waals surface area contributed by atoms with E-state index in [0.717, 1.165) is 0 Å². The van der Waals surface area contributed by atoms with Crippen LogP contribution in [0.3, 0.4) is 0 Å².